The molecule has 0 fully saturated rings. The van der Waals surface area contributed by atoms with Crippen LogP contribution in [-0.4, -0.2) is 27.8 Å². The molecule has 2 atom stereocenters. The molecule has 0 radical (unpaired) electrons. The number of nitrogens with one attached hydrogen (secondary N) is 1. The Bertz CT molecular complexity index is 394. The van der Waals surface area contributed by atoms with Crippen LogP contribution in [0, 0.1) is 11.8 Å². The van der Waals surface area contributed by atoms with Crippen LogP contribution in [0.3, 0.4) is 0 Å². The van der Waals surface area contributed by atoms with Gasteiger partial charge in [-0.1, -0.05) is 13.8 Å². The summed E-state index contributed by atoms with van der Waals surface area (Å²) in [5.41, 5.74) is 7.45. The summed E-state index contributed by atoms with van der Waals surface area (Å²) in [7, 11) is 5.27. The highest BCUT2D eigenvalue weighted by Crippen LogP contribution is 2.34. The van der Waals surface area contributed by atoms with Crippen molar-refractivity contribution in [2.75, 3.05) is 27.8 Å². The summed E-state index contributed by atoms with van der Waals surface area (Å²) in [5, 5.41) is 3.21. The molecule has 0 aromatic heterocycles. The zero-order valence-corrected chi connectivity index (χ0v) is 12.6. The van der Waals surface area contributed by atoms with Gasteiger partial charge in [0, 0.05) is 11.6 Å². The minimum absolute atomic E-state index is 0.0856. The molecule has 108 valence electrons. The number of hydrogen-bond donors (Lipinski definition) is 2. The summed E-state index contributed by atoms with van der Waals surface area (Å²) in [4.78, 5) is 0. The summed E-state index contributed by atoms with van der Waals surface area (Å²) >= 11 is 0. The van der Waals surface area contributed by atoms with E-state index in [9.17, 15) is 0 Å². The van der Waals surface area contributed by atoms with Crippen LogP contribution in [0.4, 0.5) is 0 Å². The summed E-state index contributed by atoms with van der Waals surface area (Å²) < 4.78 is 10.7. The second kappa shape index (κ2) is 7.36. The Kier molecular flexibility index (Phi) is 6.12. The molecule has 3 N–H and O–H groups in total. The highest BCUT2D eigenvalue weighted by Gasteiger charge is 2.25. The quantitative estimate of drug-likeness (QED) is 0.794. The van der Waals surface area contributed by atoms with Crippen LogP contribution < -0.4 is 20.5 Å². The van der Waals surface area contributed by atoms with Crippen LogP contribution >= 0.6 is 0 Å². The van der Waals surface area contributed by atoms with Gasteiger partial charge in [0.25, 0.3) is 0 Å². The van der Waals surface area contributed by atoms with Crippen molar-refractivity contribution in [1.82, 2.24) is 5.32 Å². The van der Waals surface area contributed by atoms with E-state index in [0.717, 1.165) is 23.6 Å². The fourth-order valence-corrected chi connectivity index (χ4v) is 2.34. The molecule has 0 saturated heterocycles. The Morgan fingerprint density at radius 2 is 1.89 bits per heavy atom. The van der Waals surface area contributed by atoms with Crippen LogP contribution in [0.1, 0.15) is 25.5 Å². The molecule has 4 heteroatoms. The average molecular weight is 266 g/mol. The van der Waals surface area contributed by atoms with Crippen molar-refractivity contribution in [2.45, 2.75) is 19.9 Å². The molecule has 4 nitrogen and oxygen atoms in total. The van der Waals surface area contributed by atoms with E-state index in [-0.39, 0.29) is 6.04 Å². The molecule has 1 aromatic rings. The van der Waals surface area contributed by atoms with E-state index >= 15 is 0 Å². The monoisotopic (exact) mass is 266 g/mol. The zero-order chi connectivity index (χ0) is 14.4. The SMILES string of the molecule is CNCC(C(C)C)C(N)c1cc(OC)ccc1OC. The molecule has 0 amide bonds. The summed E-state index contributed by atoms with van der Waals surface area (Å²) in [6.07, 6.45) is 0. The van der Waals surface area contributed by atoms with Gasteiger partial charge < -0.3 is 20.5 Å². The molecule has 0 aliphatic carbocycles. The largest absolute Gasteiger partial charge is 0.497 e. The topological polar surface area (TPSA) is 56.5 Å². The maximum Gasteiger partial charge on any atom is 0.123 e. The van der Waals surface area contributed by atoms with Crippen LogP contribution in [-0.2, 0) is 0 Å². The predicted octanol–water partition coefficient (Wildman–Crippen LogP) is 2.20. The fraction of sp³-hybridized carbons (Fsp3) is 0.600. The third kappa shape index (κ3) is 3.85. The lowest BCUT2D eigenvalue weighted by molar-refractivity contribution is 0.304. The second-order valence-electron chi connectivity index (χ2n) is 5.10. The lowest BCUT2D eigenvalue weighted by Gasteiger charge is -2.28. The number of hydrogen-bond acceptors (Lipinski definition) is 4. The van der Waals surface area contributed by atoms with E-state index in [1.807, 2.05) is 25.2 Å². The van der Waals surface area contributed by atoms with Gasteiger partial charge in [0.2, 0.25) is 0 Å². The van der Waals surface area contributed by atoms with Crippen molar-refractivity contribution < 1.29 is 9.47 Å². The minimum Gasteiger partial charge on any atom is -0.497 e. The predicted molar refractivity (Wildman–Crippen MR) is 78.7 cm³/mol. The molecule has 2 unspecified atom stereocenters. The molecule has 0 heterocycles. The van der Waals surface area contributed by atoms with E-state index in [1.165, 1.54) is 0 Å². The maximum absolute atomic E-state index is 6.45. The molecule has 0 saturated carbocycles. The van der Waals surface area contributed by atoms with Crippen molar-refractivity contribution in [3.63, 3.8) is 0 Å². The molecule has 1 aromatic carbocycles. The smallest absolute Gasteiger partial charge is 0.123 e. The number of nitrogens with two attached hydrogens (primary N) is 1. The van der Waals surface area contributed by atoms with Crippen LogP contribution in [0.15, 0.2) is 18.2 Å². The highest BCUT2D eigenvalue weighted by molar-refractivity contribution is 5.42. The third-order valence-corrected chi connectivity index (χ3v) is 3.55. The standard InChI is InChI=1S/C15H26N2O2/c1-10(2)13(9-17-3)15(16)12-8-11(18-4)6-7-14(12)19-5/h6-8,10,13,15,17H,9,16H2,1-5H3. The van der Waals surface area contributed by atoms with Crippen molar-refractivity contribution >= 4 is 0 Å². The third-order valence-electron chi connectivity index (χ3n) is 3.55. The van der Waals surface area contributed by atoms with Gasteiger partial charge in [0.05, 0.1) is 14.2 Å². The number of ether oxygens (including phenoxy) is 2. The Labute approximate surface area is 116 Å². The van der Waals surface area contributed by atoms with Crippen molar-refractivity contribution in [2.24, 2.45) is 17.6 Å². The Hall–Kier alpha value is -1.26. The Morgan fingerprint density at radius 3 is 2.37 bits per heavy atom. The number of benzene rings is 1. The van der Waals surface area contributed by atoms with Crippen LogP contribution in [0.25, 0.3) is 0 Å². The molecular weight excluding hydrogens is 240 g/mol. The lowest BCUT2D eigenvalue weighted by atomic mass is 9.84. The van der Waals surface area contributed by atoms with E-state index in [2.05, 4.69) is 19.2 Å². The normalized spacial score (nSPS) is 14.3. The molecular formula is C15H26N2O2. The zero-order valence-electron chi connectivity index (χ0n) is 12.6. The van der Waals surface area contributed by atoms with Gasteiger partial charge in [-0.2, -0.15) is 0 Å². The first-order valence-corrected chi connectivity index (χ1v) is 6.67. The van der Waals surface area contributed by atoms with Gasteiger partial charge in [-0.3, -0.25) is 0 Å². The fourth-order valence-electron chi connectivity index (χ4n) is 2.34. The van der Waals surface area contributed by atoms with Crippen molar-refractivity contribution in [3.05, 3.63) is 23.8 Å². The lowest BCUT2D eigenvalue weighted by Crippen LogP contribution is -2.33. The first kappa shape index (κ1) is 15.8. The van der Waals surface area contributed by atoms with E-state index in [1.54, 1.807) is 14.2 Å². The molecule has 0 bridgehead atoms. The summed E-state index contributed by atoms with van der Waals surface area (Å²) in [6.45, 7) is 5.25. The van der Waals surface area contributed by atoms with Gasteiger partial charge in [-0.25, -0.2) is 0 Å². The van der Waals surface area contributed by atoms with E-state index in [0.29, 0.717) is 11.8 Å². The van der Waals surface area contributed by atoms with Crippen molar-refractivity contribution in [1.29, 1.82) is 0 Å². The number of rotatable bonds is 7. The summed E-state index contributed by atoms with van der Waals surface area (Å²) in [5.74, 6) is 2.44. The van der Waals surface area contributed by atoms with Crippen LogP contribution in [0.5, 0.6) is 11.5 Å². The van der Waals surface area contributed by atoms with Gasteiger partial charge in [0.1, 0.15) is 11.5 Å². The minimum atomic E-state index is -0.0856. The summed E-state index contributed by atoms with van der Waals surface area (Å²) in [6, 6.07) is 5.68. The van der Waals surface area contributed by atoms with Gasteiger partial charge >= 0.3 is 0 Å². The Morgan fingerprint density at radius 1 is 1.21 bits per heavy atom. The molecule has 0 aliphatic heterocycles. The van der Waals surface area contributed by atoms with Crippen molar-refractivity contribution in [3.8, 4) is 11.5 Å². The molecule has 0 aliphatic rings. The Balaban J connectivity index is 3.10. The van der Waals surface area contributed by atoms with E-state index < -0.39 is 0 Å². The molecule has 0 spiro atoms. The van der Waals surface area contributed by atoms with E-state index in [4.69, 9.17) is 15.2 Å². The van der Waals surface area contributed by atoms with Crippen LogP contribution in [0.2, 0.25) is 0 Å². The highest BCUT2D eigenvalue weighted by atomic mass is 16.5. The maximum atomic E-state index is 6.45. The second-order valence-corrected chi connectivity index (χ2v) is 5.10. The van der Waals surface area contributed by atoms with Gasteiger partial charge in [-0.15, -0.1) is 0 Å². The molecule has 19 heavy (non-hydrogen) atoms. The van der Waals surface area contributed by atoms with Gasteiger partial charge in [0.15, 0.2) is 0 Å². The number of methoxy groups -OCH3 is 2. The first-order chi connectivity index (χ1) is 9.04. The molecule has 1 rings (SSSR count). The van der Waals surface area contributed by atoms with Gasteiger partial charge in [-0.05, 0) is 43.6 Å². The first-order valence-electron chi connectivity index (χ1n) is 6.67. The average Bonchev–Trinajstić information content (AvgIpc) is 2.42.